The predicted molar refractivity (Wildman–Crippen MR) is 63.5 cm³/mol. The minimum absolute atomic E-state index is 0.454. The molecule has 0 spiro atoms. The van der Waals surface area contributed by atoms with Gasteiger partial charge in [-0.1, -0.05) is 0 Å². The van der Waals surface area contributed by atoms with E-state index in [0.29, 0.717) is 5.75 Å². The molecule has 0 saturated heterocycles. The fourth-order valence-electron chi connectivity index (χ4n) is 1.48. The van der Waals surface area contributed by atoms with E-state index in [9.17, 15) is 5.11 Å². The molecule has 0 aliphatic rings. The van der Waals surface area contributed by atoms with E-state index in [4.69, 9.17) is 18.6 Å². The average molecular weight is 283 g/mol. The molecule has 15 heavy (non-hydrogen) atoms. The molecule has 0 unspecified atom stereocenters. The second-order valence-electron chi connectivity index (χ2n) is 3.55. The van der Waals surface area contributed by atoms with Crippen molar-refractivity contribution in [3.63, 3.8) is 0 Å². The van der Waals surface area contributed by atoms with Gasteiger partial charge >= 0.3 is 35.6 Å². The van der Waals surface area contributed by atoms with Crippen molar-refractivity contribution < 1.29 is 22.1 Å². The summed E-state index contributed by atoms with van der Waals surface area (Å²) in [4.78, 5) is 0. The Morgan fingerprint density at radius 2 is 0.933 bits per heavy atom. The van der Waals surface area contributed by atoms with Crippen molar-refractivity contribution in [3.8, 4) is 5.75 Å². The normalized spacial score (nSPS) is 9.27. The Morgan fingerprint density at radius 3 is 1.20 bits per heavy atom. The number of hydrogen-bond acceptors (Lipinski definition) is 1. The van der Waals surface area contributed by atoms with Gasteiger partial charge in [0.25, 0.3) is 0 Å². The number of phenols is 1. The van der Waals surface area contributed by atoms with Crippen molar-refractivity contribution in [2.45, 2.75) is 34.6 Å². The third-order valence-corrected chi connectivity index (χ3v) is 2.96. The fraction of sp³-hybridized carbons (Fsp3) is 0.455. The first kappa shape index (κ1) is 15.3. The standard InChI is InChI=1S/C11H16O.2ClH.Ti/c1-6-7(2)9(4)11(12)10(5)8(6)3;;;/h12H,1-5H3;2*1H;/q;;;+2/p-2. The van der Waals surface area contributed by atoms with Crippen LogP contribution in [0.3, 0.4) is 0 Å². The quantitative estimate of drug-likeness (QED) is 0.703. The van der Waals surface area contributed by atoms with Gasteiger partial charge in [-0.25, -0.2) is 0 Å². The van der Waals surface area contributed by atoms with Gasteiger partial charge in [-0.3, -0.25) is 0 Å². The van der Waals surface area contributed by atoms with Gasteiger partial charge in [-0.2, -0.15) is 0 Å². The number of phenolic OH excluding ortho intramolecular Hbond substituents is 1. The molecule has 0 saturated carbocycles. The van der Waals surface area contributed by atoms with Gasteiger partial charge in [-0.15, -0.1) is 0 Å². The molecule has 0 atom stereocenters. The molecule has 0 radical (unpaired) electrons. The summed E-state index contributed by atoms with van der Waals surface area (Å²) in [5, 5.41) is 9.69. The van der Waals surface area contributed by atoms with E-state index < -0.39 is 17.0 Å². The van der Waals surface area contributed by atoms with Crippen LogP contribution in [0.15, 0.2) is 0 Å². The molecule has 0 aromatic heterocycles. The van der Waals surface area contributed by atoms with Crippen molar-refractivity contribution in [2.24, 2.45) is 0 Å². The summed E-state index contributed by atoms with van der Waals surface area (Å²) in [6, 6.07) is 0. The van der Waals surface area contributed by atoms with E-state index in [1.807, 2.05) is 13.8 Å². The average Bonchev–Trinajstić information content (AvgIpc) is 2.22. The van der Waals surface area contributed by atoms with Crippen molar-refractivity contribution in [2.75, 3.05) is 0 Å². The Kier molecular flexibility index (Phi) is 6.94. The van der Waals surface area contributed by atoms with Crippen LogP contribution in [0, 0.1) is 34.6 Å². The summed E-state index contributed by atoms with van der Waals surface area (Å²) in [7, 11) is 9.78. The summed E-state index contributed by atoms with van der Waals surface area (Å²) < 4.78 is 0. The molecule has 1 aromatic carbocycles. The first-order valence-corrected chi connectivity index (χ1v) is 8.90. The Bertz CT molecular complexity index is 246. The number of rotatable bonds is 0. The molecule has 1 aromatic rings. The Hall–Kier alpha value is 0.314. The molecule has 84 valence electrons. The first-order valence-electron chi connectivity index (χ1n) is 4.60. The van der Waals surface area contributed by atoms with Crippen molar-refractivity contribution >= 4 is 18.6 Å². The van der Waals surface area contributed by atoms with E-state index in [2.05, 4.69) is 20.8 Å². The zero-order valence-electron chi connectivity index (χ0n) is 9.70. The number of halogens is 2. The molecule has 0 heterocycles. The maximum absolute atomic E-state index is 9.69. The summed E-state index contributed by atoms with van der Waals surface area (Å²) in [5.74, 6) is 0.454. The zero-order chi connectivity index (χ0) is 12.2. The Balaban J connectivity index is 0.000000583. The number of hydrogen-bond donors (Lipinski definition) is 1. The van der Waals surface area contributed by atoms with Crippen LogP contribution in [-0.2, 0) is 17.0 Å². The van der Waals surface area contributed by atoms with Gasteiger partial charge in [-0.05, 0) is 62.4 Å². The molecule has 0 bridgehead atoms. The molecule has 4 heteroatoms. The van der Waals surface area contributed by atoms with Gasteiger partial charge in [0.2, 0.25) is 0 Å². The third kappa shape index (κ3) is 3.67. The SMILES string of the molecule is Cc1c(C)c(C)c(O)c(C)c1C.[Cl][Ti][Cl]. The van der Waals surface area contributed by atoms with E-state index in [1.165, 1.54) is 16.7 Å². The molecular weight excluding hydrogens is 267 g/mol. The van der Waals surface area contributed by atoms with Gasteiger partial charge in [0.15, 0.2) is 0 Å². The van der Waals surface area contributed by atoms with Gasteiger partial charge in [0.1, 0.15) is 5.75 Å². The van der Waals surface area contributed by atoms with E-state index >= 15 is 0 Å². The molecule has 0 amide bonds. The predicted octanol–water partition coefficient (Wildman–Crippen LogP) is 4.31. The van der Waals surface area contributed by atoms with Crippen LogP contribution in [-0.4, -0.2) is 5.11 Å². The summed E-state index contributed by atoms with van der Waals surface area (Å²) in [6.45, 7) is 10.1. The monoisotopic (exact) mass is 282 g/mol. The molecule has 0 fully saturated rings. The minimum atomic E-state index is -0.556. The van der Waals surface area contributed by atoms with Crippen LogP contribution in [0.1, 0.15) is 27.8 Å². The summed E-state index contributed by atoms with van der Waals surface area (Å²) >= 11 is -0.556. The third-order valence-electron chi connectivity index (χ3n) is 2.96. The van der Waals surface area contributed by atoms with E-state index in [1.54, 1.807) is 0 Å². The summed E-state index contributed by atoms with van der Waals surface area (Å²) in [6.07, 6.45) is 0. The van der Waals surface area contributed by atoms with Gasteiger partial charge in [0.05, 0.1) is 0 Å². The van der Waals surface area contributed by atoms with Crippen molar-refractivity contribution in [1.29, 1.82) is 0 Å². The first-order chi connectivity index (χ1) is 6.88. The fourth-order valence-corrected chi connectivity index (χ4v) is 1.48. The second kappa shape index (κ2) is 6.80. The second-order valence-corrected chi connectivity index (χ2v) is 6.12. The van der Waals surface area contributed by atoms with Gasteiger partial charge in [0, 0.05) is 0 Å². The van der Waals surface area contributed by atoms with Crippen molar-refractivity contribution in [1.82, 2.24) is 0 Å². The van der Waals surface area contributed by atoms with E-state index in [-0.39, 0.29) is 0 Å². The molecule has 0 aliphatic heterocycles. The molecule has 1 nitrogen and oxygen atoms in total. The zero-order valence-corrected chi connectivity index (χ0v) is 12.8. The van der Waals surface area contributed by atoms with Crippen LogP contribution in [0.25, 0.3) is 0 Å². The Morgan fingerprint density at radius 1 is 0.733 bits per heavy atom. The molecule has 1 N–H and O–H groups in total. The maximum atomic E-state index is 9.69. The topological polar surface area (TPSA) is 20.2 Å². The number of aromatic hydroxyl groups is 1. The van der Waals surface area contributed by atoms with Crippen LogP contribution >= 0.6 is 18.6 Å². The van der Waals surface area contributed by atoms with Crippen LogP contribution < -0.4 is 0 Å². The molecule has 0 aliphatic carbocycles. The summed E-state index contributed by atoms with van der Waals surface area (Å²) in [5.41, 5.74) is 5.72. The van der Waals surface area contributed by atoms with E-state index in [0.717, 1.165) is 11.1 Å². The molecule has 1 rings (SSSR count). The Labute approximate surface area is 108 Å². The van der Waals surface area contributed by atoms with Crippen LogP contribution in [0.4, 0.5) is 0 Å². The number of benzene rings is 1. The van der Waals surface area contributed by atoms with Gasteiger partial charge < -0.3 is 5.11 Å². The van der Waals surface area contributed by atoms with Crippen molar-refractivity contribution in [3.05, 3.63) is 27.8 Å². The molecular formula is C11H16Cl2OTi. The van der Waals surface area contributed by atoms with Crippen LogP contribution in [0.5, 0.6) is 5.75 Å². The van der Waals surface area contributed by atoms with Crippen LogP contribution in [0.2, 0.25) is 0 Å².